The maximum Gasteiger partial charge on any atom is 0.341 e. The lowest BCUT2D eigenvalue weighted by molar-refractivity contribution is -0.139. The van der Waals surface area contributed by atoms with Crippen molar-refractivity contribution in [1.29, 1.82) is 0 Å². The molecule has 0 radical (unpaired) electrons. The summed E-state index contributed by atoms with van der Waals surface area (Å²) in [6, 6.07) is 10.5. The van der Waals surface area contributed by atoms with Crippen LogP contribution in [0.4, 0.5) is 0 Å². The van der Waals surface area contributed by atoms with E-state index >= 15 is 0 Å². The summed E-state index contributed by atoms with van der Waals surface area (Å²) >= 11 is 0. The molecule has 28 heavy (non-hydrogen) atoms. The molecule has 9 heteroatoms. The largest absolute Gasteiger partial charge is 0.482 e. The number of carbonyl (C=O) groups is 2. The van der Waals surface area contributed by atoms with Gasteiger partial charge in [-0.2, -0.15) is 4.98 Å². The van der Waals surface area contributed by atoms with Crippen LogP contribution in [0.2, 0.25) is 0 Å². The Morgan fingerprint density at radius 2 is 1.96 bits per heavy atom. The molecule has 0 fully saturated rings. The third kappa shape index (κ3) is 5.70. The molecule has 0 saturated carbocycles. The smallest absolute Gasteiger partial charge is 0.341 e. The fraction of sp³-hybridized carbons (Fsp3) is 0.263. The summed E-state index contributed by atoms with van der Waals surface area (Å²) in [7, 11) is 0. The zero-order valence-corrected chi connectivity index (χ0v) is 15.0. The second kappa shape index (κ2) is 9.36. The van der Waals surface area contributed by atoms with Crippen LogP contribution in [0.1, 0.15) is 17.9 Å². The first-order valence-corrected chi connectivity index (χ1v) is 8.67. The number of hydrogen-bond acceptors (Lipinski definition) is 7. The monoisotopic (exact) mass is 385 g/mol. The number of carboxylic acids is 1. The van der Waals surface area contributed by atoms with E-state index in [0.29, 0.717) is 42.6 Å². The molecule has 0 spiro atoms. The Balaban J connectivity index is 1.36. The molecule has 3 aromatic rings. The van der Waals surface area contributed by atoms with E-state index in [9.17, 15) is 9.59 Å². The maximum absolute atomic E-state index is 12.0. The van der Waals surface area contributed by atoms with Gasteiger partial charge in [-0.25, -0.2) is 4.79 Å². The first-order valence-electron chi connectivity index (χ1n) is 8.67. The molecule has 0 aliphatic carbocycles. The summed E-state index contributed by atoms with van der Waals surface area (Å²) in [5.74, 6) is 0.598. The number of rotatable bonds is 10. The molecule has 0 saturated heterocycles. The number of aromatic nitrogens is 2. The fourth-order valence-electron chi connectivity index (χ4n) is 2.41. The molecule has 2 N–H and O–H groups in total. The van der Waals surface area contributed by atoms with Crippen LogP contribution in [-0.2, 0) is 22.4 Å². The molecule has 146 valence electrons. The molecule has 2 aromatic heterocycles. The highest BCUT2D eigenvalue weighted by molar-refractivity contribution is 5.76. The zero-order valence-electron chi connectivity index (χ0n) is 15.0. The predicted octanol–water partition coefficient (Wildman–Crippen LogP) is 2.08. The third-order valence-corrected chi connectivity index (χ3v) is 3.80. The maximum atomic E-state index is 12.0. The van der Waals surface area contributed by atoms with Gasteiger partial charge in [0.25, 0.3) is 0 Å². The van der Waals surface area contributed by atoms with E-state index in [-0.39, 0.29) is 18.9 Å². The van der Waals surface area contributed by atoms with Gasteiger partial charge in [-0.05, 0) is 36.2 Å². The predicted molar refractivity (Wildman–Crippen MR) is 96.6 cm³/mol. The van der Waals surface area contributed by atoms with Crippen molar-refractivity contribution in [2.45, 2.75) is 19.3 Å². The summed E-state index contributed by atoms with van der Waals surface area (Å²) in [5, 5.41) is 15.2. The average Bonchev–Trinajstić information content (AvgIpc) is 3.37. The number of carboxylic acid groups (broad SMARTS) is 1. The number of ether oxygens (including phenoxy) is 1. The van der Waals surface area contributed by atoms with Crippen LogP contribution in [0.3, 0.4) is 0 Å². The van der Waals surface area contributed by atoms with E-state index in [1.165, 1.54) is 6.26 Å². The molecule has 0 unspecified atom stereocenters. The quantitative estimate of drug-likeness (QED) is 0.543. The van der Waals surface area contributed by atoms with Gasteiger partial charge in [0.2, 0.25) is 17.6 Å². The van der Waals surface area contributed by atoms with Gasteiger partial charge in [0.15, 0.2) is 12.4 Å². The van der Waals surface area contributed by atoms with Crippen molar-refractivity contribution >= 4 is 11.9 Å². The Labute approximate surface area is 160 Å². The van der Waals surface area contributed by atoms with Crippen LogP contribution in [0.5, 0.6) is 5.75 Å². The second-order valence-corrected chi connectivity index (χ2v) is 5.92. The highest BCUT2D eigenvalue weighted by atomic mass is 16.5. The second-order valence-electron chi connectivity index (χ2n) is 5.92. The van der Waals surface area contributed by atoms with Crippen LogP contribution in [0.25, 0.3) is 11.6 Å². The van der Waals surface area contributed by atoms with E-state index in [4.69, 9.17) is 18.8 Å². The minimum Gasteiger partial charge on any atom is -0.482 e. The Morgan fingerprint density at radius 1 is 1.14 bits per heavy atom. The first kappa shape index (κ1) is 19.2. The minimum absolute atomic E-state index is 0.112. The number of benzene rings is 1. The summed E-state index contributed by atoms with van der Waals surface area (Å²) in [4.78, 5) is 26.6. The molecule has 0 aliphatic rings. The van der Waals surface area contributed by atoms with Gasteiger partial charge in [-0.15, -0.1) is 0 Å². The number of hydrogen-bond donors (Lipinski definition) is 2. The minimum atomic E-state index is -1.02. The molecule has 1 aromatic carbocycles. The van der Waals surface area contributed by atoms with Gasteiger partial charge in [0.05, 0.1) is 6.26 Å². The van der Waals surface area contributed by atoms with Gasteiger partial charge >= 0.3 is 5.97 Å². The van der Waals surface area contributed by atoms with E-state index in [1.54, 1.807) is 24.3 Å². The average molecular weight is 385 g/mol. The fourth-order valence-corrected chi connectivity index (χ4v) is 2.41. The number of nitrogens with zero attached hydrogens (tertiary/aromatic N) is 2. The van der Waals surface area contributed by atoms with Gasteiger partial charge in [-0.1, -0.05) is 17.3 Å². The molecule has 0 aliphatic heterocycles. The molecule has 9 nitrogen and oxygen atoms in total. The Morgan fingerprint density at radius 3 is 2.68 bits per heavy atom. The van der Waals surface area contributed by atoms with E-state index in [2.05, 4.69) is 15.5 Å². The Hall–Kier alpha value is -3.62. The lowest BCUT2D eigenvalue weighted by Gasteiger charge is -2.06. The summed E-state index contributed by atoms with van der Waals surface area (Å²) < 4.78 is 15.4. The number of nitrogens with one attached hydrogen (secondary N) is 1. The van der Waals surface area contributed by atoms with Gasteiger partial charge < -0.3 is 24.1 Å². The van der Waals surface area contributed by atoms with Gasteiger partial charge in [0.1, 0.15) is 5.75 Å². The third-order valence-electron chi connectivity index (χ3n) is 3.80. The molecular formula is C19H19N3O6. The van der Waals surface area contributed by atoms with Crippen molar-refractivity contribution in [3.63, 3.8) is 0 Å². The zero-order chi connectivity index (χ0) is 19.8. The van der Waals surface area contributed by atoms with Gasteiger partial charge in [0, 0.05) is 19.4 Å². The van der Waals surface area contributed by atoms with Crippen molar-refractivity contribution in [2.24, 2.45) is 0 Å². The Kier molecular flexibility index (Phi) is 6.40. The van der Waals surface area contributed by atoms with Crippen molar-refractivity contribution in [1.82, 2.24) is 15.5 Å². The molecule has 0 atom stereocenters. The van der Waals surface area contributed by atoms with Gasteiger partial charge in [-0.3, -0.25) is 4.79 Å². The van der Waals surface area contributed by atoms with Crippen molar-refractivity contribution in [3.05, 3.63) is 54.1 Å². The van der Waals surface area contributed by atoms with Crippen LogP contribution in [-0.4, -0.2) is 40.3 Å². The summed E-state index contributed by atoms with van der Waals surface area (Å²) in [6.07, 6.45) is 2.75. The highest BCUT2D eigenvalue weighted by Crippen LogP contribution is 2.16. The molecule has 2 heterocycles. The van der Waals surface area contributed by atoms with Crippen LogP contribution in [0, 0.1) is 0 Å². The molecular weight excluding hydrogens is 366 g/mol. The van der Waals surface area contributed by atoms with Crippen molar-refractivity contribution in [2.75, 3.05) is 13.2 Å². The summed E-state index contributed by atoms with van der Waals surface area (Å²) in [5.41, 5.74) is 1.00. The first-order chi connectivity index (χ1) is 13.6. The lowest BCUT2D eigenvalue weighted by atomic mass is 10.1. The summed E-state index contributed by atoms with van der Waals surface area (Å²) in [6.45, 7) is 0.105. The topological polar surface area (TPSA) is 128 Å². The number of aryl methyl sites for hydroxylation is 1. The molecule has 1 amide bonds. The van der Waals surface area contributed by atoms with Crippen molar-refractivity contribution < 1.29 is 28.4 Å². The van der Waals surface area contributed by atoms with Crippen LogP contribution in [0.15, 0.2) is 51.6 Å². The number of amides is 1. The number of aliphatic carboxylic acids is 1. The van der Waals surface area contributed by atoms with Crippen LogP contribution < -0.4 is 10.1 Å². The van der Waals surface area contributed by atoms with Crippen LogP contribution >= 0.6 is 0 Å². The number of carbonyl (C=O) groups excluding carboxylic acids is 1. The van der Waals surface area contributed by atoms with E-state index in [1.807, 2.05) is 12.1 Å². The van der Waals surface area contributed by atoms with Crippen molar-refractivity contribution in [3.8, 4) is 17.3 Å². The SMILES string of the molecule is O=C(O)COc1ccc(CCNC(=O)CCc2nc(-c3ccco3)no2)cc1. The lowest BCUT2D eigenvalue weighted by Crippen LogP contribution is -2.25. The number of furan rings is 1. The standard InChI is InChI=1S/C19H19N3O6/c23-16(7-8-17-21-19(22-28-17)15-2-1-11-26-15)20-10-9-13-3-5-14(6-4-13)27-12-18(24)25/h1-6,11H,7-10,12H2,(H,20,23)(H,24,25). The van der Waals surface area contributed by atoms with E-state index < -0.39 is 5.97 Å². The molecule has 3 rings (SSSR count). The normalized spacial score (nSPS) is 10.6. The Bertz CT molecular complexity index is 902. The highest BCUT2D eigenvalue weighted by Gasteiger charge is 2.12. The van der Waals surface area contributed by atoms with E-state index in [0.717, 1.165) is 5.56 Å². The molecule has 0 bridgehead atoms.